The second-order valence-corrected chi connectivity index (χ2v) is 2.52. The van der Waals surface area contributed by atoms with E-state index in [1.165, 1.54) is 0 Å². The first-order valence-electron chi connectivity index (χ1n) is 3.24. The summed E-state index contributed by atoms with van der Waals surface area (Å²) in [4.78, 5) is 9.82. The molecule has 0 heterocycles. The van der Waals surface area contributed by atoms with E-state index < -0.39 is 30.5 Å². The summed E-state index contributed by atoms with van der Waals surface area (Å²) in [6.45, 7) is 1.08. The van der Waals surface area contributed by atoms with Gasteiger partial charge < -0.3 is 20.4 Å². The van der Waals surface area contributed by atoms with Gasteiger partial charge in [0.2, 0.25) is 0 Å². The molecule has 0 aliphatic heterocycles. The van der Waals surface area contributed by atoms with Crippen LogP contribution in [0.3, 0.4) is 0 Å². The topological polar surface area (TPSA) is 98.0 Å². The summed E-state index contributed by atoms with van der Waals surface area (Å²) in [6, 6.07) is 0. The number of hydrogen-bond acceptors (Lipinski definition) is 5. The number of carbonyl (C=O) groups excluding carboxylic acids is 1. The second kappa shape index (κ2) is 3.90. The van der Waals surface area contributed by atoms with Gasteiger partial charge >= 0.3 is 0 Å². The summed E-state index contributed by atoms with van der Waals surface area (Å²) in [6.07, 6.45) is -6.26. The summed E-state index contributed by atoms with van der Waals surface area (Å²) in [5.74, 6) is -3.53. The van der Waals surface area contributed by atoms with Crippen LogP contribution >= 0.6 is 0 Å². The molecule has 0 rings (SSSR count). The molecule has 0 aromatic heterocycles. The van der Waals surface area contributed by atoms with E-state index in [1.807, 2.05) is 0 Å². The van der Waals surface area contributed by atoms with Crippen molar-refractivity contribution >= 4 is 6.29 Å². The molecule has 4 atom stereocenters. The summed E-state index contributed by atoms with van der Waals surface area (Å²) < 4.78 is 12.5. The van der Waals surface area contributed by atoms with E-state index in [-0.39, 0.29) is 0 Å². The zero-order chi connectivity index (χ0) is 9.94. The lowest BCUT2D eigenvalue weighted by Gasteiger charge is -2.25. The molecular weight excluding hydrogens is 171 g/mol. The molecule has 0 aliphatic carbocycles. The first kappa shape index (κ1) is 11.4. The predicted octanol–water partition coefficient (Wildman–Crippen LogP) is -2.05. The van der Waals surface area contributed by atoms with Gasteiger partial charge in [0.25, 0.3) is 5.85 Å². The molecule has 0 bridgehead atoms. The van der Waals surface area contributed by atoms with E-state index in [1.54, 1.807) is 0 Å². The second-order valence-electron chi connectivity index (χ2n) is 2.52. The van der Waals surface area contributed by atoms with Gasteiger partial charge in [0.1, 0.15) is 12.2 Å². The first-order valence-corrected chi connectivity index (χ1v) is 3.24. The van der Waals surface area contributed by atoms with Crippen LogP contribution < -0.4 is 0 Å². The van der Waals surface area contributed by atoms with Gasteiger partial charge in [-0.2, -0.15) is 0 Å². The minimum Gasteiger partial charge on any atom is -0.391 e. The molecule has 0 saturated heterocycles. The molecule has 4 N–H and O–H groups in total. The van der Waals surface area contributed by atoms with E-state index in [0.717, 1.165) is 6.92 Å². The van der Waals surface area contributed by atoms with Gasteiger partial charge in [-0.1, -0.05) is 0 Å². The maximum absolute atomic E-state index is 12.5. The molecule has 0 saturated carbocycles. The maximum atomic E-state index is 12.5. The molecule has 0 fully saturated rings. The maximum Gasteiger partial charge on any atom is 0.291 e. The molecular formula is C6H11FO5. The Morgan fingerprint density at radius 3 is 2.08 bits per heavy atom. The Morgan fingerprint density at radius 2 is 1.83 bits per heavy atom. The normalized spacial score (nSPS) is 23.8. The van der Waals surface area contributed by atoms with Gasteiger partial charge in [-0.25, -0.2) is 4.39 Å². The molecule has 0 aromatic rings. The van der Waals surface area contributed by atoms with Gasteiger partial charge in [0, 0.05) is 0 Å². The van der Waals surface area contributed by atoms with Crippen molar-refractivity contribution in [1.29, 1.82) is 0 Å². The largest absolute Gasteiger partial charge is 0.391 e. The highest BCUT2D eigenvalue weighted by Crippen LogP contribution is 2.14. The highest BCUT2D eigenvalue weighted by atomic mass is 19.2. The van der Waals surface area contributed by atoms with Crippen LogP contribution in [0, 0.1) is 0 Å². The van der Waals surface area contributed by atoms with E-state index in [9.17, 15) is 9.18 Å². The molecule has 1 unspecified atom stereocenters. The van der Waals surface area contributed by atoms with Crippen LogP contribution in [0.15, 0.2) is 0 Å². The molecule has 6 heteroatoms. The monoisotopic (exact) mass is 182 g/mol. The van der Waals surface area contributed by atoms with Crippen LogP contribution in [0.1, 0.15) is 6.92 Å². The van der Waals surface area contributed by atoms with Crippen molar-refractivity contribution in [3.63, 3.8) is 0 Å². The minimum atomic E-state index is -3.53. The molecule has 0 aliphatic rings. The van der Waals surface area contributed by atoms with E-state index in [4.69, 9.17) is 20.4 Å². The quantitative estimate of drug-likeness (QED) is 0.375. The number of aliphatic hydroxyl groups is 4. The Hall–Kier alpha value is -0.560. The Labute approximate surface area is 68.1 Å². The number of aldehydes is 1. The van der Waals surface area contributed by atoms with Crippen molar-refractivity contribution in [3.05, 3.63) is 0 Å². The Morgan fingerprint density at radius 1 is 1.42 bits per heavy atom. The van der Waals surface area contributed by atoms with Gasteiger partial charge in [-0.05, 0) is 6.92 Å². The van der Waals surface area contributed by atoms with E-state index in [2.05, 4.69) is 0 Å². The summed E-state index contributed by atoms with van der Waals surface area (Å²) in [5.41, 5.74) is 0. The van der Waals surface area contributed by atoms with E-state index >= 15 is 0 Å². The minimum absolute atomic E-state index is 0.552. The Bertz CT molecular complexity index is 158. The number of rotatable bonds is 4. The zero-order valence-electron chi connectivity index (χ0n) is 6.38. The Balaban J connectivity index is 4.37. The van der Waals surface area contributed by atoms with E-state index in [0.29, 0.717) is 0 Å². The molecule has 72 valence electrons. The fourth-order valence-electron chi connectivity index (χ4n) is 0.573. The highest BCUT2D eigenvalue weighted by molar-refractivity contribution is 5.60. The van der Waals surface area contributed by atoms with Crippen LogP contribution in [-0.2, 0) is 4.79 Å². The third-order valence-corrected chi connectivity index (χ3v) is 1.40. The number of hydrogen-bond donors (Lipinski definition) is 4. The third-order valence-electron chi connectivity index (χ3n) is 1.40. The molecule has 0 spiro atoms. The summed E-state index contributed by atoms with van der Waals surface area (Å²) >= 11 is 0. The fourth-order valence-corrected chi connectivity index (χ4v) is 0.573. The van der Waals surface area contributed by atoms with Crippen molar-refractivity contribution in [2.45, 2.75) is 31.1 Å². The number of alkyl halides is 1. The lowest BCUT2D eigenvalue weighted by Crippen LogP contribution is -2.50. The lowest BCUT2D eigenvalue weighted by molar-refractivity contribution is -0.201. The standard InChI is InChI=1S/C6H11FO5/c1-3(9)4(10)5(11)6(7,12)2-8/h2-5,9-12H,1H3/t3?,4-,5-,6+/m1/s1. The number of aliphatic hydroxyl groups excluding tert-OH is 3. The first-order chi connectivity index (χ1) is 5.33. The third kappa shape index (κ3) is 2.49. The zero-order valence-corrected chi connectivity index (χ0v) is 6.38. The van der Waals surface area contributed by atoms with Crippen LogP contribution in [0.5, 0.6) is 0 Å². The smallest absolute Gasteiger partial charge is 0.291 e. The van der Waals surface area contributed by atoms with Gasteiger partial charge in [-0.3, -0.25) is 4.79 Å². The van der Waals surface area contributed by atoms with Crippen LogP contribution in [0.25, 0.3) is 0 Å². The summed E-state index contributed by atoms with van der Waals surface area (Å²) in [5, 5.41) is 34.7. The van der Waals surface area contributed by atoms with Crippen molar-refractivity contribution < 1.29 is 29.6 Å². The van der Waals surface area contributed by atoms with Crippen LogP contribution in [0.4, 0.5) is 4.39 Å². The predicted molar refractivity (Wildman–Crippen MR) is 35.8 cm³/mol. The fraction of sp³-hybridized carbons (Fsp3) is 0.833. The SMILES string of the molecule is CC(O)[C@@H](O)[C@@H](O)[C@](O)(F)C=O. The average molecular weight is 182 g/mol. The number of carbonyl (C=O) groups is 1. The van der Waals surface area contributed by atoms with Crippen molar-refractivity contribution in [1.82, 2.24) is 0 Å². The van der Waals surface area contributed by atoms with Crippen molar-refractivity contribution in [3.8, 4) is 0 Å². The van der Waals surface area contributed by atoms with Crippen LogP contribution in [-0.4, -0.2) is 50.9 Å². The average Bonchev–Trinajstić information content (AvgIpc) is 2.01. The van der Waals surface area contributed by atoms with Gasteiger partial charge in [-0.15, -0.1) is 0 Å². The molecule has 5 nitrogen and oxygen atoms in total. The molecule has 0 aromatic carbocycles. The molecule has 0 radical (unpaired) electrons. The highest BCUT2D eigenvalue weighted by Gasteiger charge is 2.41. The lowest BCUT2D eigenvalue weighted by atomic mass is 10.0. The van der Waals surface area contributed by atoms with Crippen molar-refractivity contribution in [2.24, 2.45) is 0 Å². The number of halogens is 1. The van der Waals surface area contributed by atoms with Gasteiger partial charge in [0.15, 0.2) is 6.29 Å². The molecule has 12 heavy (non-hydrogen) atoms. The molecule has 0 amide bonds. The van der Waals surface area contributed by atoms with Gasteiger partial charge in [0.05, 0.1) is 6.10 Å². The van der Waals surface area contributed by atoms with Crippen LogP contribution in [0.2, 0.25) is 0 Å². The summed E-state index contributed by atoms with van der Waals surface area (Å²) in [7, 11) is 0. The Kier molecular flexibility index (Phi) is 3.72. The van der Waals surface area contributed by atoms with Crippen molar-refractivity contribution in [2.75, 3.05) is 0 Å².